The molecule has 6 heteroatoms. The van der Waals surface area contributed by atoms with Crippen molar-refractivity contribution in [2.45, 2.75) is 18.1 Å². The second-order valence-corrected chi connectivity index (χ2v) is 7.55. The highest BCUT2D eigenvalue weighted by atomic mass is 16.6. The average Bonchev–Trinajstić information content (AvgIpc) is 3.11. The molecule has 0 saturated heterocycles. The molecule has 0 spiro atoms. The molecule has 3 aromatic carbocycles. The fraction of sp³-hybridized carbons (Fsp3) is 0.200. The van der Waals surface area contributed by atoms with Gasteiger partial charge in [0.1, 0.15) is 12.7 Å². The summed E-state index contributed by atoms with van der Waals surface area (Å²) in [5, 5.41) is 20.2. The van der Waals surface area contributed by atoms with Crippen LogP contribution in [0.5, 0.6) is 0 Å². The second-order valence-electron chi connectivity index (χ2n) is 7.55. The number of aliphatic hydroxyl groups excluding tert-OH is 1. The number of carboxylic acid groups (broad SMARTS) is 1. The number of ether oxygens (including phenoxy) is 1. The fourth-order valence-corrected chi connectivity index (χ4v) is 4.15. The molecule has 0 unspecified atom stereocenters. The molecule has 0 aromatic heterocycles. The normalized spacial score (nSPS) is 14.3. The number of hydrogen-bond donors (Lipinski definition) is 2. The first-order chi connectivity index (χ1) is 15.0. The average molecular weight is 417 g/mol. The Morgan fingerprint density at radius 1 is 0.903 bits per heavy atom. The minimum absolute atomic E-state index is 0.0744. The number of benzene rings is 3. The van der Waals surface area contributed by atoms with Crippen LogP contribution in [0.4, 0.5) is 4.79 Å². The van der Waals surface area contributed by atoms with Gasteiger partial charge in [-0.05, 0) is 27.8 Å². The van der Waals surface area contributed by atoms with Crippen LogP contribution in [0, 0.1) is 0 Å². The van der Waals surface area contributed by atoms with Gasteiger partial charge in [-0.1, -0.05) is 78.9 Å². The molecule has 3 aromatic rings. The summed E-state index contributed by atoms with van der Waals surface area (Å²) >= 11 is 0. The maximum atomic E-state index is 12.7. The monoisotopic (exact) mass is 417 g/mol. The van der Waals surface area contributed by atoms with Crippen LogP contribution in [0.1, 0.15) is 28.7 Å². The van der Waals surface area contributed by atoms with Gasteiger partial charge in [0.2, 0.25) is 0 Å². The summed E-state index contributed by atoms with van der Waals surface area (Å²) in [5.74, 6) is -1.44. The Labute approximate surface area is 180 Å². The molecule has 4 rings (SSSR count). The van der Waals surface area contributed by atoms with Gasteiger partial charge in [0, 0.05) is 13.0 Å². The van der Waals surface area contributed by atoms with Gasteiger partial charge in [0.05, 0.1) is 0 Å². The van der Waals surface area contributed by atoms with Gasteiger partial charge in [-0.25, -0.2) is 9.59 Å². The number of nitrogens with zero attached hydrogens (tertiary/aromatic N) is 1. The van der Waals surface area contributed by atoms with Crippen LogP contribution < -0.4 is 0 Å². The van der Waals surface area contributed by atoms with Crippen molar-refractivity contribution in [2.24, 2.45) is 0 Å². The Balaban J connectivity index is 1.51. The summed E-state index contributed by atoms with van der Waals surface area (Å²) in [7, 11) is 1.32. The quantitative estimate of drug-likeness (QED) is 0.632. The number of fused-ring (bicyclic) bond motifs is 3. The van der Waals surface area contributed by atoms with Crippen LogP contribution in [-0.2, 0) is 9.53 Å². The zero-order chi connectivity index (χ0) is 22.0. The van der Waals surface area contributed by atoms with Gasteiger partial charge in [-0.2, -0.15) is 0 Å². The molecular weight excluding hydrogens is 394 g/mol. The van der Waals surface area contributed by atoms with Crippen molar-refractivity contribution < 1.29 is 24.5 Å². The minimum Gasteiger partial charge on any atom is -0.480 e. The van der Waals surface area contributed by atoms with Crippen LogP contribution in [0.2, 0.25) is 0 Å². The van der Waals surface area contributed by atoms with Crippen molar-refractivity contribution >= 4 is 12.1 Å². The summed E-state index contributed by atoms with van der Waals surface area (Å²) in [6.45, 7) is 0.0744. The fourth-order valence-electron chi connectivity index (χ4n) is 4.15. The third-order valence-corrected chi connectivity index (χ3v) is 5.73. The zero-order valence-electron chi connectivity index (χ0n) is 17.0. The Morgan fingerprint density at radius 3 is 1.97 bits per heavy atom. The summed E-state index contributed by atoms with van der Waals surface area (Å²) in [4.78, 5) is 25.5. The van der Waals surface area contributed by atoms with E-state index < -0.39 is 24.2 Å². The van der Waals surface area contributed by atoms with Crippen LogP contribution in [-0.4, -0.2) is 46.9 Å². The van der Waals surface area contributed by atoms with Crippen molar-refractivity contribution in [3.05, 3.63) is 95.6 Å². The maximum Gasteiger partial charge on any atom is 0.410 e. The highest BCUT2D eigenvalue weighted by molar-refractivity contribution is 5.81. The highest BCUT2D eigenvalue weighted by Gasteiger charge is 2.36. The highest BCUT2D eigenvalue weighted by Crippen LogP contribution is 2.44. The number of likely N-dealkylation sites (N-methyl/N-ethyl adjacent to an activating group) is 1. The number of amides is 1. The van der Waals surface area contributed by atoms with E-state index in [1.165, 1.54) is 7.05 Å². The largest absolute Gasteiger partial charge is 0.480 e. The number of carboxylic acids is 1. The Bertz CT molecular complexity index is 1050. The molecule has 0 bridgehead atoms. The molecule has 1 aliphatic rings. The molecule has 1 amide bonds. The lowest BCUT2D eigenvalue weighted by Gasteiger charge is -2.28. The predicted molar refractivity (Wildman–Crippen MR) is 116 cm³/mol. The molecular formula is C25H23NO5. The maximum absolute atomic E-state index is 12.7. The molecule has 0 heterocycles. The van der Waals surface area contributed by atoms with E-state index in [0.717, 1.165) is 27.2 Å². The summed E-state index contributed by atoms with van der Waals surface area (Å²) < 4.78 is 5.53. The summed E-state index contributed by atoms with van der Waals surface area (Å²) in [5.41, 5.74) is 4.76. The first-order valence-electron chi connectivity index (χ1n) is 10.0. The van der Waals surface area contributed by atoms with E-state index in [1.807, 2.05) is 48.5 Å². The molecule has 0 fully saturated rings. The van der Waals surface area contributed by atoms with Crippen LogP contribution in [0.15, 0.2) is 78.9 Å². The molecule has 0 radical (unpaired) electrons. The Morgan fingerprint density at radius 2 is 1.42 bits per heavy atom. The summed E-state index contributed by atoms with van der Waals surface area (Å²) in [6.07, 6.45) is -2.19. The molecule has 158 valence electrons. The van der Waals surface area contributed by atoms with Gasteiger partial charge in [-0.15, -0.1) is 0 Å². The molecule has 31 heavy (non-hydrogen) atoms. The van der Waals surface area contributed by atoms with Crippen LogP contribution in [0.25, 0.3) is 11.1 Å². The zero-order valence-corrected chi connectivity index (χ0v) is 17.0. The third-order valence-electron chi connectivity index (χ3n) is 5.73. The Hall–Kier alpha value is -3.64. The number of aliphatic carboxylic acids is 1. The van der Waals surface area contributed by atoms with E-state index in [9.17, 15) is 19.8 Å². The van der Waals surface area contributed by atoms with Gasteiger partial charge >= 0.3 is 12.1 Å². The van der Waals surface area contributed by atoms with Crippen molar-refractivity contribution in [2.75, 3.05) is 13.7 Å². The number of hydrogen-bond acceptors (Lipinski definition) is 4. The lowest BCUT2D eigenvalue weighted by atomic mass is 9.98. The SMILES string of the molecule is CN(C(=O)OCC1c2ccccc2-c2ccccc21)[C@@H](C(=O)O)[C@@H](O)c1ccccc1. The first kappa shape index (κ1) is 20.6. The van der Waals surface area contributed by atoms with E-state index in [4.69, 9.17) is 4.74 Å². The first-order valence-corrected chi connectivity index (χ1v) is 10.0. The van der Waals surface area contributed by atoms with Crippen molar-refractivity contribution in [1.82, 2.24) is 4.90 Å². The second kappa shape index (κ2) is 8.62. The molecule has 6 nitrogen and oxygen atoms in total. The predicted octanol–water partition coefficient (Wildman–Crippen LogP) is 4.05. The Kier molecular flexibility index (Phi) is 5.73. The van der Waals surface area contributed by atoms with Crippen molar-refractivity contribution in [3.63, 3.8) is 0 Å². The molecule has 2 N–H and O–H groups in total. The van der Waals surface area contributed by atoms with Gasteiger partial charge in [-0.3, -0.25) is 4.90 Å². The van der Waals surface area contributed by atoms with Gasteiger partial charge < -0.3 is 14.9 Å². The van der Waals surface area contributed by atoms with Crippen molar-refractivity contribution in [1.29, 1.82) is 0 Å². The van der Waals surface area contributed by atoms with E-state index >= 15 is 0 Å². The third kappa shape index (κ3) is 3.90. The number of aliphatic hydroxyl groups is 1. The number of carbonyl (C=O) groups is 2. The lowest BCUT2D eigenvalue weighted by Crippen LogP contribution is -2.46. The number of rotatable bonds is 6. The van der Waals surface area contributed by atoms with Crippen LogP contribution in [0.3, 0.4) is 0 Å². The lowest BCUT2D eigenvalue weighted by molar-refractivity contribution is -0.146. The van der Waals surface area contributed by atoms with E-state index in [1.54, 1.807) is 30.3 Å². The van der Waals surface area contributed by atoms with Gasteiger partial charge in [0.25, 0.3) is 0 Å². The standard InChI is InChI=1S/C25H23NO5/c1-26(22(24(28)29)23(27)16-9-3-2-4-10-16)25(30)31-15-21-19-13-7-5-11-17(19)18-12-6-8-14-20(18)21/h2-14,21-23,27H,15H2,1H3,(H,28,29)/t22-,23+/m1/s1. The van der Waals surface area contributed by atoms with E-state index in [2.05, 4.69) is 0 Å². The van der Waals surface area contributed by atoms with Crippen molar-refractivity contribution in [3.8, 4) is 11.1 Å². The molecule has 0 aliphatic heterocycles. The smallest absolute Gasteiger partial charge is 0.410 e. The minimum atomic E-state index is -1.47. The van der Waals surface area contributed by atoms with Crippen LogP contribution >= 0.6 is 0 Å². The molecule has 2 atom stereocenters. The topological polar surface area (TPSA) is 87.1 Å². The molecule has 1 aliphatic carbocycles. The van der Waals surface area contributed by atoms with E-state index in [-0.39, 0.29) is 12.5 Å². The van der Waals surface area contributed by atoms with E-state index in [0.29, 0.717) is 5.56 Å². The number of carbonyl (C=O) groups excluding carboxylic acids is 1. The van der Waals surface area contributed by atoms with Gasteiger partial charge in [0.15, 0.2) is 6.04 Å². The summed E-state index contributed by atoms with van der Waals surface area (Å²) in [6, 6.07) is 22.9. The molecule has 0 saturated carbocycles.